The molecule has 0 saturated carbocycles. The molecule has 2 aromatic rings. The van der Waals surface area contributed by atoms with Crippen molar-refractivity contribution in [3.63, 3.8) is 0 Å². The first-order chi connectivity index (χ1) is 9.40. The van der Waals surface area contributed by atoms with Gasteiger partial charge in [-0.1, -0.05) is 0 Å². The van der Waals surface area contributed by atoms with Crippen molar-refractivity contribution in [3.8, 4) is 0 Å². The van der Waals surface area contributed by atoms with Crippen molar-refractivity contribution in [3.05, 3.63) is 51.1 Å². The summed E-state index contributed by atoms with van der Waals surface area (Å²) in [5.74, 6) is -0.0733. The van der Waals surface area contributed by atoms with Gasteiger partial charge in [-0.15, -0.1) is 0 Å². The maximum atomic E-state index is 11.2. The Morgan fingerprint density at radius 3 is 2.65 bits per heavy atom. The molecule has 0 bridgehead atoms. The molecular formula is C13H14N4O3. The fraction of sp³-hybridized carbons (Fsp3) is 0.308. The van der Waals surface area contributed by atoms with Gasteiger partial charge < -0.3 is 0 Å². The molecule has 7 heteroatoms. The van der Waals surface area contributed by atoms with Crippen molar-refractivity contribution in [1.29, 1.82) is 0 Å². The van der Waals surface area contributed by atoms with Gasteiger partial charge in [0.1, 0.15) is 0 Å². The Kier molecular flexibility index (Phi) is 3.60. The van der Waals surface area contributed by atoms with E-state index in [2.05, 4.69) is 10.1 Å². The summed E-state index contributed by atoms with van der Waals surface area (Å²) >= 11 is 0. The highest BCUT2D eigenvalue weighted by Gasteiger charge is 2.19. The molecule has 0 amide bonds. The highest BCUT2D eigenvalue weighted by molar-refractivity contribution is 5.93. The molecule has 0 spiro atoms. The second-order valence-corrected chi connectivity index (χ2v) is 4.60. The van der Waals surface area contributed by atoms with Crippen LogP contribution in [0.5, 0.6) is 0 Å². The zero-order valence-electron chi connectivity index (χ0n) is 11.5. The van der Waals surface area contributed by atoms with Crippen LogP contribution in [0.4, 0.5) is 5.69 Å². The van der Waals surface area contributed by atoms with Gasteiger partial charge in [0.15, 0.2) is 5.78 Å². The molecule has 0 radical (unpaired) electrons. The van der Waals surface area contributed by atoms with E-state index in [1.165, 1.54) is 19.3 Å². The van der Waals surface area contributed by atoms with E-state index < -0.39 is 4.92 Å². The second-order valence-electron chi connectivity index (χ2n) is 4.60. The lowest BCUT2D eigenvalue weighted by Crippen LogP contribution is -2.07. The third kappa shape index (κ3) is 2.56. The summed E-state index contributed by atoms with van der Waals surface area (Å²) in [4.78, 5) is 26.1. The van der Waals surface area contributed by atoms with Crippen LogP contribution in [0.1, 0.15) is 34.1 Å². The minimum atomic E-state index is -0.403. The molecule has 0 aliphatic carbocycles. The van der Waals surface area contributed by atoms with Crippen LogP contribution >= 0.6 is 0 Å². The Morgan fingerprint density at radius 1 is 1.40 bits per heavy atom. The Bertz CT molecular complexity index is 691. The van der Waals surface area contributed by atoms with Gasteiger partial charge in [0.2, 0.25) is 0 Å². The van der Waals surface area contributed by atoms with E-state index in [0.29, 0.717) is 28.9 Å². The summed E-state index contributed by atoms with van der Waals surface area (Å²) in [6, 6.07) is 0. The lowest BCUT2D eigenvalue weighted by molar-refractivity contribution is -0.386. The molecule has 2 aromatic heterocycles. The van der Waals surface area contributed by atoms with Gasteiger partial charge >= 0.3 is 0 Å². The maximum Gasteiger partial charge on any atom is 0.278 e. The zero-order chi connectivity index (χ0) is 14.9. The molecule has 0 saturated heterocycles. The summed E-state index contributed by atoms with van der Waals surface area (Å²) in [7, 11) is 0. The number of pyridine rings is 1. The monoisotopic (exact) mass is 274 g/mol. The molecule has 20 heavy (non-hydrogen) atoms. The highest BCUT2D eigenvalue weighted by Crippen LogP contribution is 2.24. The average molecular weight is 274 g/mol. The van der Waals surface area contributed by atoms with Crippen LogP contribution in [0.15, 0.2) is 18.6 Å². The van der Waals surface area contributed by atoms with Gasteiger partial charge in [-0.3, -0.25) is 24.6 Å². The molecule has 0 N–H and O–H groups in total. The van der Waals surface area contributed by atoms with E-state index in [-0.39, 0.29) is 11.5 Å². The standard InChI is InChI=1S/C13H14N4O3/c1-8-4-14-12(9(2)13(8)17(19)20)7-16-6-11(5-15-16)10(3)18/h4-6H,7H2,1-3H3. The molecule has 0 aliphatic rings. The van der Waals surface area contributed by atoms with Crippen LogP contribution in [0.3, 0.4) is 0 Å². The van der Waals surface area contributed by atoms with Gasteiger partial charge in [-0.05, 0) is 20.8 Å². The van der Waals surface area contributed by atoms with E-state index in [0.717, 1.165) is 0 Å². The molecule has 0 aliphatic heterocycles. The van der Waals surface area contributed by atoms with Crippen molar-refractivity contribution in [2.45, 2.75) is 27.3 Å². The molecule has 104 valence electrons. The highest BCUT2D eigenvalue weighted by atomic mass is 16.6. The summed E-state index contributed by atoms with van der Waals surface area (Å²) in [5, 5.41) is 15.1. The molecule has 0 fully saturated rings. The van der Waals surface area contributed by atoms with E-state index >= 15 is 0 Å². The van der Waals surface area contributed by atoms with Crippen LogP contribution in [-0.2, 0) is 6.54 Å². The van der Waals surface area contributed by atoms with Crippen LogP contribution < -0.4 is 0 Å². The molecule has 0 unspecified atom stereocenters. The lowest BCUT2D eigenvalue weighted by Gasteiger charge is -2.07. The minimum absolute atomic E-state index is 0.0733. The fourth-order valence-corrected chi connectivity index (χ4v) is 1.99. The van der Waals surface area contributed by atoms with Crippen LogP contribution in [0.2, 0.25) is 0 Å². The van der Waals surface area contributed by atoms with Crippen LogP contribution in [0.25, 0.3) is 0 Å². The van der Waals surface area contributed by atoms with Crippen LogP contribution in [0, 0.1) is 24.0 Å². The average Bonchev–Trinajstić information content (AvgIpc) is 2.81. The largest absolute Gasteiger partial charge is 0.294 e. The van der Waals surface area contributed by atoms with Gasteiger partial charge in [-0.25, -0.2) is 0 Å². The van der Waals surface area contributed by atoms with E-state index in [1.807, 2.05) is 0 Å². The number of nitro groups is 1. The smallest absolute Gasteiger partial charge is 0.278 e. The quantitative estimate of drug-likeness (QED) is 0.483. The summed E-state index contributed by atoms with van der Waals surface area (Å²) in [6.45, 7) is 5.08. The summed E-state index contributed by atoms with van der Waals surface area (Å²) in [6.07, 6.45) is 4.56. The van der Waals surface area contributed by atoms with Crippen molar-refractivity contribution in [1.82, 2.24) is 14.8 Å². The number of hydrogen-bond donors (Lipinski definition) is 0. The number of hydrogen-bond acceptors (Lipinski definition) is 5. The molecule has 0 aromatic carbocycles. The maximum absolute atomic E-state index is 11.2. The number of rotatable bonds is 4. The predicted octanol–water partition coefficient (Wildman–Crippen LogP) is 2.05. The number of carbonyl (C=O) groups is 1. The Balaban J connectivity index is 2.36. The van der Waals surface area contributed by atoms with Crippen molar-refractivity contribution >= 4 is 11.5 Å². The molecule has 2 heterocycles. The second kappa shape index (κ2) is 5.20. The SMILES string of the molecule is CC(=O)c1cnn(Cc2ncc(C)c([N+](=O)[O-])c2C)c1. The van der Waals surface area contributed by atoms with Gasteiger partial charge in [0, 0.05) is 18.0 Å². The lowest BCUT2D eigenvalue weighted by atomic mass is 10.1. The number of ketones is 1. The number of carbonyl (C=O) groups excluding carboxylic acids is 1. The molecular weight excluding hydrogens is 260 g/mol. The van der Waals surface area contributed by atoms with Crippen molar-refractivity contribution in [2.24, 2.45) is 0 Å². The number of Topliss-reactive ketones (excluding diaryl/α,β-unsaturated/α-hetero) is 1. The summed E-state index contributed by atoms with van der Waals surface area (Å²) in [5.41, 5.74) is 2.20. The van der Waals surface area contributed by atoms with Gasteiger partial charge in [0.05, 0.1) is 34.5 Å². The summed E-state index contributed by atoms with van der Waals surface area (Å²) < 4.78 is 1.55. The third-order valence-corrected chi connectivity index (χ3v) is 3.11. The van der Waals surface area contributed by atoms with Crippen LogP contribution in [-0.4, -0.2) is 25.5 Å². The Hall–Kier alpha value is -2.57. The normalized spacial score (nSPS) is 10.6. The first-order valence-electron chi connectivity index (χ1n) is 6.03. The molecule has 7 nitrogen and oxygen atoms in total. The van der Waals surface area contributed by atoms with Gasteiger partial charge in [-0.2, -0.15) is 5.10 Å². The number of aromatic nitrogens is 3. The van der Waals surface area contributed by atoms with Crippen molar-refractivity contribution in [2.75, 3.05) is 0 Å². The molecule has 2 rings (SSSR count). The van der Waals surface area contributed by atoms with E-state index in [9.17, 15) is 14.9 Å². The first-order valence-corrected chi connectivity index (χ1v) is 6.03. The zero-order valence-corrected chi connectivity index (χ0v) is 11.5. The predicted molar refractivity (Wildman–Crippen MR) is 71.7 cm³/mol. The van der Waals surface area contributed by atoms with E-state index in [4.69, 9.17) is 0 Å². The molecule has 0 atom stereocenters. The fourth-order valence-electron chi connectivity index (χ4n) is 1.99. The minimum Gasteiger partial charge on any atom is -0.294 e. The first kappa shape index (κ1) is 13.9. The number of nitrogens with zero attached hydrogens (tertiary/aromatic N) is 4. The topological polar surface area (TPSA) is 90.9 Å². The third-order valence-electron chi connectivity index (χ3n) is 3.11. The van der Waals surface area contributed by atoms with Crippen molar-refractivity contribution < 1.29 is 9.72 Å². The van der Waals surface area contributed by atoms with E-state index in [1.54, 1.807) is 24.7 Å². The Labute approximate surface area is 115 Å². The Morgan fingerprint density at radius 2 is 2.10 bits per heavy atom. The van der Waals surface area contributed by atoms with Gasteiger partial charge in [0.25, 0.3) is 5.69 Å². The number of aryl methyl sites for hydroxylation is 1.